The van der Waals surface area contributed by atoms with Crippen LogP contribution in [0.25, 0.3) is 0 Å². The van der Waals surface area contributed by atoms with E-state index in [1.54, 1.807) is 0 Å². The number of guanidine groups is 1. The van der Waals surface area contributed by atoms with Gasteiger partial charge in [-0.15, -0.1) is 24.0 Å². The van der Waals surface area contributed by atoms with Crippen LogP contribution in [0.2, 0.25) is 0 Å². The van der Waals surface area contributed by atoms with Gasteiger partial charge in [0.1, 0.15) is 0 Å². The van der Waals surface area contributed by atoms with E-state index in [1.807, 2.05) is 7.05 Å². The van der Waals surface area contributed by atoms with Crippen molar-refractivity contribution in [2.45, 2.75) is 71.3 Å². The maximum Gasteiger partial charge on any atom is 0.226 e. The summed E-state index contributed by atoms with van der Waals surface area (Å²) in [7, 11) is 1.82. The number of hydrogen-bond donors (Lipinski definition) is 2. The van der Waals surface area contributed by atoms with E-state index in [1.165, 1.54) is 32.2 Å². The van der Waals surface area contributed by atoms with Gasteiger partial charge >= 0.3 is 0 Å². The Labute approximate surface area is 181 Å². The molecule has 1 unspecified atom stereocenters. The van der Waals surface area contributed by atoms with Crippen LogP contribution in [0.15, 0.2) is 9.52 Å². The molecule has 0 radical (unpaired) electrons. The zero-order valence-corrected chi connectivity index (χ0v) is 19.7. The highest BCUT2D eigenvalue weighted by Gasteiger charge is 2.19. The first-order valence-electron chi connectivity index (χ1n) is 10.1. The molecule has 0 aliphatic carbocycles. The molecule has 7 nitrogen and oxygen atoms in total. The van der Waals surface area contributed by atoms with Gasteiger partial charge in [-0.25, -0.2) is 0 Å². The van der Waals surface area contributed by atoms with E-state index in [-0.39, 0.29) is 24.0 Å². The van der Waals surface area contributed by atoms with Gasteiger partial charge in [0.25, 0.3) is 0 Å². The van der Waals surface area contributed by atoms with Gasteiger partial charge < -0.3 is 15.2 Å². The SMILES string of the molecule is CCC1CCCCN1CCNC(=NC)NCCCc1nc(C(C)C)no1.I. The first-order valence-corrected chi connectivity index (χ1v) is 10.1. The summed E-state index contributed by atoms with van der Waals surface area (Å²) in [5, 5.41) is 10.8. The van der Waals surface area contributed by atoms with Gasteiger partial charge in [0, 0.05) is 45.1 Å². The van der Waals surface area contributed by atoms with E-state index in [0.717, 1.165) is 50.3 Å². The summed E-state index contributed by atoms with van der Waals surface area (Å²) >= 11 is 0. The number of rotatable bonds is 9. The number of hydrogen-bond acceptors (Lipinski definition) is 5. The van der Waals surface area contributed by atoms with Crippen molar-refractivity contribution in [3.63, 3.8) is 0 Å². The van der Waals surface area contributed by atoms with E-state index in [9.17, 15) is 0 Å². The summed E-state index contributed by atoms with van der Waals surface area (Å²) in [5.74, 6) is 2.67. The molecule has 1 aromatic heterocycles. The molecule has 27 heavy (non-hydrogen) atoms. The van der Waals surface area contributed by atoms with Gasteiger partial charge in [0.05, 0.1) is 0 Å². The monoisotopic (exact) mass is 492 g/mol. The third-order valence-corrected chi connectivity index (χ3v) is 5.00. The molecule has 0 saturated carbocycles. The summed E-state index contributed by atoms with van der Waals surface area (Å²) in [6, 6.07) is 0.755. The fourth-order valence-corrected chi connectivity index (χ4v) is 3.41. The molecule has 1 fully saturated rings. The molecular formula is C19H37IN6O. The molecule has 1 aliphatic rings. The highest BCUT2D eigenvalue weighted by Crippen LogP contribution is 2.18. The van der Waals surface area contributed by atoms with Crippen molar-refractivity contribution in [3.8, 4) is 0 Å². The maximum absolute atomic E-state index is 5.27. The Bertz CT molecular complexity index is 548. The van der Waals surface area contributed by atoms with Crippen molar-refractivity contribution in [1.29, 1.82) is 0 Å². The van der Waals surface area contributed by atoms with E-state index in [4.69, 9.17) is 4.52 Å². The van der Waals surface area contributed by atoms with Gasteiger partial charge in [-0.1, -0.05) is 32.3 Å². The molecule has 0 spiro atoms. The van der Waals surface area contributed by atoms with Crippen LogP contribution in [0, 0.1) is 0 Å². The standard InChI is InChI=1S/C19H36N6O.HI/c1-5-16-9-6-7-13-25(16)14-12-22-19(20-4)21-11-8-10-17-23-18(15(2)3)24-26-17;/h15-16H,5-14H2,1-4H3,(H2,20,21,22);1H. The Morgan fingerprint density at radius 2 is 2.07 bits per heavy atom. The topological polar surface area (TPSA) is 78.6 Å². The van der Waals surface area contributed by atoms with Crippen molar-refractivity contribution in [3.05, 3.63) is 11.7 Å². The van der Waals surface area contributed by atoms with Crippen LogP contribution in [-0.4, -0.2) is 60.3 Å². The van der Waals surface area contributed by atoms with Crippen molar-refractivity contribution in [2.24, 2.45) is 4.99 Å². The quantitative estimate of drug-likeness (QED) is 0.239. The first-order chi connectivity index (χ1) is 12.6. The second-order valence-corrected chi connectivity index (χ2v) is 7.32. The van der Waals surface area contributed by atoms with Crippen molar-refractivity contribution >= 4 is 29.9 Å². The lowest BCUT2D eigenvalue weighted by Gasteiger charge is -2.35. The van der Waals surface area contributed by atoms with Gasteiger partial charge in [-0.2, -0.15) is 4.98 Å². The number of halogens is 1. The number of nitrogens with one attached hydrogen (secondary N) is 2. The van der Waals surface area contributed by atoms with Crippen LogP contribution < -0.4 is 10.6 Å². The minimum absolute atomic E-state index is 0. The second kappa shape index (κ2) is 13.3. The molecular weight excluding hydrogens is 455 g/mol. The minimum Gasteiger partial charge on any atom is -0.356 e. The second-order valence-electron chi connectivity index (χ2n) is 7.32. The minimum atomic E-state index is 0. The molecule has 1 aliphatic heterocycles. The third-order valence-electron chi connectivity index (χ3n) is 5.00. The summed E-state index contributed by atoms with van der Waals surface area (Å²) in [4.78, 5) is 11.3. The summed E-state index contributed by atoms with van der Waals surface area (Å²) in [6.07, 6.45) is 7.03. The average molecular weight is 492 g/mol. The van der Waals surface area contributed by atoms with Crippen molar-refractivity contribution in [2.75, 3.05) is 33.2 Å². The zero-order valence-electron chi connectivity index (χ0n) is 17.3. The Kier molecular flexibility index (Phi) is 11.9. The predicted octanol–water partition coefficient (Wildman–Crippen LogP) is 3.17. The van der Waals surface area contributed by atoms with E-state index < -0.39 is 0 Å². The average Bonchev–Trinajstić information content (AvgIpc) is 3.13. The molecule has 2 heterocycles. The summed E-state index contributed by atoms with van der Waals surface area (Å²) < 4.78 is 5.27. The van der Waals surface area contributed by atoms with Crippen LogP contribution >= 0.6 is 24.0 Å². The first kappa shape index (κ1) is 24.1. The van der Waals surface area contributed by atoms with E-state index in [0.29, 0.717) is 11.8 Å². The number of nitrogens with zero attached hydrogens (tertiary/aromatic N) is 4. The molecule has 1 atom stereocenters. The smallest absolute Gasteiger partial charge is 0.226 e. The molecule has 0 aromatic carbocycles. The molecule has 0 amide bonds. The fourth-order valence-electron chi connectivity index (χ4n) is 3.41. The Balaban J connectivity index is 0.00000364. The fraction of sp³-hybridized carbons (Fsp3) is 0.842. The van der Waals surface area contributed by atoms with Gasteiger partial charge in [-0.3, -0.25) is 9.89 Å². The number of aromatic nitrogens is 2. The zero-order chi connectivity index (χ0) is 18.8. The molecule has 156 valence electrons. The Hall–Kier alpha value is -0.900. The van der Waals surface area contributed by atoms with Gasteiger partial charge in [0.2, 0.25) is 5.89 Å². The lowest BCUT2D eigenvalue weighted by atomic mass is 10.0. The van der Waals surface area contributed by atoms with Crippen LogP contribution in [0.5, 0.6) is 0 Å². The highest BCUT2D eigenvalue weighted by atomic mass is 127. The number of likely N-dealkylation sites (tertiary alicyclic amines) is 1. The predicted molar refractivity (Wildman–Crippen MR) is 121 cm³/mol. The number of aryl methyl sites for hydroxylation is 1. The maximum atomic E-state index is 5.27. The molecule has 2 rings (SSSR count). The lowest BCUT2D eigenvalue weighted by molar-refractivity contribution is 0.147. The number of aliphatic imine (C=N–C) groups is 1. The van der Waals surface area contributed by atoms with Crippen LogP contribution in [0.3, 0.4) is 0 Å². The molecule has 8 heteroatoms. The lowest BCUT2D eigenvalue weighted by Crippen LogP contribution is -2.46. The molecule has 0 bridgehead atoms. The Morgan fingerprint density at radius 1 is 1.30 bits per heavy atom. The molecule has 1 aromatic rings. The molecule has 1 saturated heterocycles. The highest BCUT2D eigenvalue weighted by molar-refractivity contribution is 14.0. The van der Waals surface area contributed by atoms with Crippen molar-refractivity contribution in [1.82, 2.24) is 25.7 Å². The van der Waals surface area contributed by atoms with E-state index >= 15 is 0 Å². The van der Waals surface area contributed by atoms with Crippen LogP contribution in [0.4, 0.5) is 0 Å². The Morgan fingerprint density at radius 3 is 2.74 bits per heavy atom. The van der Waals surface area contributed by atoms with Crippen LogP contribution in [-0.2, 0) is 6.42 Å². The normalized spacial score (nSPS) is 18.4. The summed E-state index contributed by atoms with van der Waals surface area (Å²) in [5.41, 5.74) is 0. The van der Waals surface area contributed by atoms with Gasteiger partial charge in [-0.05, 0) is 32.2 Å². The van der Waals surface area contributed by atoms with E-state index in [2.05, 4.69) is 51.4 Å². The van der Waals surface area contributed by atoms with Crippen LogP contribution in [0.1, 0.15) is 70.5 Å². The largest absolute Gasteiger partial charge is 0.356 e. The third kappa shape index (κ3) is 8.33. The molecule has 2 N–H and O–H groups in total. The summed E-state index contributed by atoms with van der Waals surface area (Å²) in [6.45, 7) is 10.5. The van der Waals surface area contributed by atoms with Crippen molar-refractivity contribution < 1.29 is 4.52 Å². The number of piperidine rings is 1. The van der Waals surface area contributed by atoms with Gasteiger partial charge in [0.15, 0.2) is 11.8 Å².